The van der Waals surface area contributed by atoms with Crippen LogP contribution < -0.4 is 4.72 Å². The predicted octanol–water partition coefficient (Wildman–Crippen LogP) is 0.766. The largest absolute Gasteiger partial charge is 0.284 e. The molecule has 1 heterocycles. The van der Waals surface area contributed by atoms with Gasteiger partial charge < -0.3 is 0 Å². The lowest BCUT2D eigenvalue weighted by Gasteiger charge is -2.27. The van der Waals surface area contributed by atoms with E-state index in [2.05, 4.69) is 4.72 Å². The Balaban J connectivity index is 2.28. The number of benzene rings is 1. The maximum absolute atomic E-state index is 11.6. The van der Waals surface area contributed by atoms with Crippen LogP contribution in [0.5, 0.6) is 0 Å². The Labute approximate surface area is 119 Å². The number of nitrogens with one attached hydrogen (secondary N) is 1. The number of fused-ring (bicyclic) bond motifs is 1. The molecule has 0 amide bonds. The van der Waals surface area contributed by atoms with Crippen molar-refractivity contribution >= 4 is 25.7 Å². The molecule has 0 atom stereocenters. The summed E-state index contributed by atoms with van der Waals surface area (Å²) in [6.45, 7) is 2.31. The topological polar surface area (TPSA) is 83.6 Å². The van der Waals surface area contributed by atoms with Crippen molar-refractivity contribution in [2.45, 2.75) is 19.9 Å². The van der Waals surface area contributed by atoms with Crippen molar-refractivity contribution in [2.24, 2.45) is 0 Å². The van der Waals surface area contributed by atoms with E-state index in [-0.39, 0.29) is 12.3 Å². The lowest BCUT2D eigenvalue weighted by molar-refractivity contribution is 0.395. The Kier molecular flexibility index (Phi) is 4.08. The van der Waals surface area contributed by atoms with Crippen LogP contribution in [-0.2, 0) is 33.0 Å². The summed E-state index contributed by atoms with van der Waals surface area (Å²) in [5.74, 6) is -0.000447. The molecule has 2 rings (SSSR count). The van der Waals surface area contributed by atoms with Gasteiger partial charge in [0.05, 0.1) is 12.0 Å². The van der Waals surface area contributed by atoms with Crippen LogP contribution in [0.2, 0.25) is 0 Å². The summed E-state index contributed by atoms with van der Waals surface area (Å²) in [5.41, 5.74) is 2.38. The minimum Gasteiger partial charge on any atom is -0.284 e. The van der Waals surface area contributed by atoms with Gasteiger partial charge in [-0.1, -0.05) is 6.07 Å². The smallest absolute Gasteiger partial charge is 0.232 e. The fraction of sp³-hybridized carbons (Fsp3) is 0.500. The molecule has 0 unspecified atom stereocenters. The molecule has 8 heteroatoms. The lowest BCUT2D eigenvalue weighted by atomic mass is 10.0. The van der Waals surface area contributed by atoms with Gasteiger partial charge in [-0.05, 0) is 36.6 Å². The van der Waals surface area contributed by atoms with Gasteiger partial charge >= 0.3 is 0 Å². The maximum atomic E-state index is 11.6. The zero-order chi connectivity index (χ0) is 15.0. The second kappa shape index (κ2) is 5.34. The van der Waals surface area contributed by atoms with E-state index in [1.165, 1.54) is 10.6 Å². The van der Waals surface area contributed by atoms with Crippen molar-refractivity contribution in [1.29, 1.82) is 0 Å². The first-order chi connectivity index (χ1) is 9.21. The molecule has 0 spiro atoms. The van der Waals surface area contributed by atoms with Crippen LogP contribution in [0.15, 0.2) is 18.2 Å². The Bertz CT molecular complexity index is 711. The van der Waals surface area contributed by atoms with Crippen LogP contribution in [0.4, 0.5) is 5.69 Å². The van der Waals surface area contributed by atoms with Crippen molar-refractivity contribution in [2.75, 3.05) is 23.3 Å². The van der Waals surface area contributed by atoms with E-state index in [0.29, 0.717) is 18.7 Å². The summed E-state index contributed by atoms with van der Waals surface area (Å²) in [5, 5.41) is 0. The van der Waals surface area contributed by atoms with E-state index >= 15 is 0 Å². The number of sulfonamides is 2. The second-order valence-electron chi connectivity index (χ2n) is 4.84. The van der Waals surface area contributed by atoms with Crippen molar-refractivity contribution in [3.63, 3.8) is 0 Å². The van der Waals surface area contributed by atoms with Gasteiger partial charge in [0, 0.05) is 18.8 Å². The highest BCUT2D eigenvalue weighted by Gasteiger charge is 2.23. The van der Waals surface area contributed by atoms with E-state index < -0.39 is 20.0 Å². The molecule has 20 heavy (non-hydrogen) atoms. The van der Waals surface area contributed by atoms with Gasteiger partial charge in [-0.3, -0.25) is 4.72 Å². The van der Waals surface area contributed by atoms with Gasteiger partial charge in [0.2, 0.25) is 20.0 Å². The molecule has 6 nitrogen and oxygen atoms in total. The first kappa shape index (κ1) is 15.3. The summed E-state index contributed by atoms with van der Waals surface area (Å²) in [6.07, 6.45) is 1.82. The van der Waals surface area contributed by atoms with Crippen LogP contribution in [0.3, 0.4) is 0 Å². The van der Waals surface area contributed by atoms with Gasteiger partial charge in [0.25, 0.3) is 0 Å². The van der Waals surface area contributed by atoms with E-state index in [9.17, 15) is 16.8 Å². The average Bonchev–Trinajstić information content (AvgIpc) is 2.36. The summed E-state index contributed by atoms with van der Waals surface area (Å²) < 4.78 is 50.1. The molecule has 0 aliphatic carbocycles. The highest BCUT2D eigenvalue weighted by molar-refractivity contribution is 7.92. The number of anilines is 1. The maximum Gasteiger partial charge on any atom is 0.232 e. The molecule has 112 valence electrons. The van der Waals surface area contributed by atoms with Crippen molar-refractivity contribution in [3.05, 3.63) is 29.3 Å². The van der Waals surface area contributed by atoms with Crippen molar-refractivity contribution < 1.29 is 16.8 Å². The van der Waals surface area contributed by atoms with Gasteiger partial charge in [-0.25, -0.2) is 16.8 Å². The summed E-state index contributed by atoms with van der Waals surface area (Å²) in [4.78, 5) is 0. The third-order valence-electron chi connectivity index (χ3n) is 3.31. The van der Waals surface area contributed by atoms with Crippen molar-refractivity contribution in [3.8, 4) is 0 Å². The summed E-state index contributed by atoms with van der Waals surface area (Å²) in [6, 6.07) is 5.27. The van der Waals surface area contributed by atoms with E-state index in [1.807, 2.05) is 6.07 Å². The molecule has 0 saturated heterocycles. The fourth-order valence-corrected chi connectivity index (χ4v) is 3.56. The number of rotatable bonds is 4. The molecule has 0 aromatic heterocycles. The van der Waals surface area contributed by atoms with Gasteiger partial charge in [0.1, 0.15) is 0 Å². The van der Waals surface area contributed by atoms with Crippen LogP contribution >= 0.6 is 0 Å². The fourth-order valence-electron chi connectivity index (χ4n) is 2.13. The zero-order valence-electron chi connectivity index (χ0n) is 11.5. The molecule has 1 aromatic carbocycles. The van der Waals surface area contributed by atoms with Crippen molar-refractivity contribution in [1.82, 2.24) is 4.31 Å². The second-order valence-corrected chi connectivity index (χ2v) is 8.83. The van der Waals surface area contributed by atoms with E-state index in [1.54, 1.807) is 19.1 Å². The van der Waals surface area contributed by atoms with Gasteiger partial charge in [-0.2, -0.15) is 4.31 Å². The Morgan fingerprint density at radius 3 is 2.50 bits per heavy atom. The first-order valence-corrected chi connectivity index (χ1v) is 9.79. The zero-order valence-corrected chi connectivity index (χ0v) is 13.1. The number of nitrogens with zero attached hydrogens (tertiary/aromatic N) is 1. The van der Waals surface area contributed by atoms with Crippen LogP contribution in [0.1, 0.15) is 18.1 Å². The highest BCUT2D eigenvalue weighted by Crippen LogP contribution is 2.24. The SMILES string of the molecule is CCS(=O)(=O)Nc1ccc2c(c1)CN(S(C)(=O)=O)CC2. The molecule has 1 aromatic rings. The monoisotopic (exact) mass is 318 g/mol. The average molecular weight is 318 g/mol. The van der Waals surface area contributed by atoms with E-state index in [0.717, 1.165) is 11.1 Å². The number of hydrogen-bond acceptors (Lipinski definition) is 4. The molecule has 1 aliphatic rings. The third-order valence-corrected chi connectivity index (χ3v) is 5.86. The quantitative estimate of drug-likeness (QED) is 0.888. The van der Waals surface area contributed by atoms with Crippen LogP contribution in [0, 0.1) is 0 Å². The van der Waals surface area contributed by atoms with Gasteiger partial charge in [-0.15, -0.1) is 0 Å². The first-order valence-electron chi connectivity index (χ1n) is 6.28. The molecule has 0 radical (unpaired) electrons. The molecule has 0 saturated carbocycles. The normalized spacial score (nSPS) is 16.7. The Morgan fingerprint density at radius 1 is 1.20 bits per heavy atom. The molecule has 0 bridgehead atoms. The highest BCUT2D eigenvalue weighted by atomic mass is 32.2. The van der Waals surface area contributed by atoms with Gasteiger partial charge in [0.15, 0.2) is 0 Å². The summed E-state index contributed by atoms with van der Waals surface area (Å²) >= 11 is 0. The molecular formula is C12H18N2O4S2. The lowest BCUT2D eigenvalue weighted by Crippen LogP contribution is -2.35. The molecule has 1 N–H and O–H groups in total. The third kappa shape index (κ3) is 3.50. The van der Waals surface area contributed by atoms with Crippen LogP contribution in [-0.4, -0.2) is 39.7 Å². The van der Waals surface area contributed by atoms with E-state index in [4.69, 9.17) is 0 Å². The molecule has 0 fully saturated rings. The molecule has 1 aliphatic heterocycles. The minimum atomic E-state index is -3.32. The minimum absolute atomic E-state index is 0.000447. The standard InChI is InChI=1S/C12H18N2O4S2/c1-3-20(17,18)13-12-5-4-10-6-7-14(19(2,15)16)9-11(10)8-12/h4-5,8,13H,3,6-7,9H2,1-2H3. The predicted molar refractivity (Wildman–Crippen MR) is 78.5 cm³/mol. The number of hydrogen-bond donors (Lipinski definition) is 1. The Hall–Kier alpha value is -1.12. The summed E-state index contributed by atoms with van der Waals surface area (Å²) in [7, 11) is -6.55. The molecular weight excluding hydrogens is 300 g/mol. The van der Waals surface area contributed by atoms with Crippen LogP contribution in [0.25, 0.3) is 0 Å². The Morgan fingerprint density at radius 2 is 1.90 bits per heavy atom.